The van der Waals surface area contributed by atoms with Gasteiger partial charge in [-0.15, -0.1) is 0 Å². The van der Waals surface area contributed by atoms with Gasteiger partial charge >= 0.3 is 0 Å². The number of fused-ring (bicyclic) bond motifs is 12. The molecule has 84 heavy (non-hydrogen) atoms. The molecule has 0 N–H and O–H groups in total. The average molecular weight is 1070 g/mol. The highest BCUT2D eigenvalue weighted by Gasteiger charge is 2.30. The van der Waals surface area contributed by atoms with Gasteiger partial charge in [-0.1, -0.05) is 217 Å². The molecule has 17 rings (SSSR count). The smallest absolute Gasteiger partial charge is 0.0641 e. The van der Waals surface area contributed by atoms with Crippen LogP contribution in [0.3, 0.4) is 0 Å². The van der Waals surface area contributed by atoms with Gasteiger partial charge in [0.05, 0.1) is 55.8 Å². The standard InChI is InChI=1S/C80H54N4/c1-51-37-41-71(65(45-51)55-25-11-5-12-26-55)81(59-31-19-29-57(47-59)53-21-7-3-8-22-53)73-43-39-61-67-49-76-68(50-75(67)83-69-35-17-15-33-63(69)77(73)79(61)83)62-40-44-74(78-64-34-16-18-36-70(64)84(76)80(62)78)82(60-32-20-30-58(48-60)54-23-9-4-10-24-54)72-42-38-52(2)46-66(72)56-27-13-6-14-28-56/h3-50H,1-2H3. The van der Waals surface area contributed by atoms with E-state index in [2.05, 4.69) is 324 Å². The summed E-state index contributed by atoms with van der Waals surface area (Å²) in [6, 6.07) is 108. The number of para-hydroxylation sites is 2. The van der Waals surface area contributed by atoms with Crippen LogP contribution in [0.15, 0.2) is 291 Å². The van der Waals surface area contributed by atoms with Crippen molar-refractivity contribution in [1.29, 1.82) is 0 Å². The first-order chi connectivity index (χ1) is 41.5. The Labute approximate surface area is 486 Å². The third-order valence-corrected chi connectivity index (χ3v) is 17.6. The molecule has 4 heterocycles. The highest BCUT2D eigenvalue weighted by atomic mass is 15.2. The molecule has 4 heteroatoms. The van der Waals surface area contributed by atoms with E-state index in [1.54, 1.807) is 0 Å². The lowest BCUT2D eigenvalue weighted by Crippen LogP contribution is -2.12. The fourth-order valence-electron chi connectivity index (χ4n) is 14.0. The second kappa shape index (κ2) is 18.8. The minimum atomic E-state index is 1.10. The highest BCUT2D eigenvalue weighted by molar-refractivity contribution is 6.32. The summed E-state index contributed by atoms with van der Waals surface area (Å²) in [6.45, 7) is 4.39. The molecule has 0 amide bonds. The normalized spacial score (nSPS) is 11.9. The summed E-state index contributed by atoms with van der Waals surface area (Å²) < 4.78 is 5.12. The molecule has 4 nitrogen and oxygen atoms in total. The maximum absolute atomic E-state index is 2.56. The van der Waals surface area contributed by atoms with E-state index in [1.165, 1.54) is 132 Å². The number of benzene rings is 13. The largest absolute Gasteiger partial charge is 0.309 e. The molecule has 0 aliphatic carbocycles. The van der Waals surface area contributed by atoms with E-state index in [1.807, 2.05) is 0 Å². The summed E-state index contributed by atoms with van der Waals surface area (Å²) in [4.78, 5) is 5.04. The highest BCUT2D eigenvalue weighted by Crippen LogP contribution is 2.53. The molecule has 4 aromatic heterocycles. The minimum absolute atomic E-state index is 1.10. The third kappa shape index (κ3) is 7.27. The van der Waals surface area contributed by atoms with Crippen LogP contribution in [0.25, 0.3) is 121 Å². The molecule has 0 unspecified atom stereocenters. The molecule has 394 valence electrons. The molecular weight excluding hydrogens is 1020 g/mol. The van der Waals surface area contributed by atoms with Crippen LogP contribution in [0.5, 0.6) is 0 Å². The van der Waals surface area contributed by atoms with Crippen molar-refractivity contribution in [3.05, 3.63) is 302 Å². The van der Waals surface area contributed by atoms with Crippen molar-refractivity contribution in [1.82, 2.24) is 8.80 Å². The second-order valence-electron chi connectivity index (χ2n) is 22.6. The first kappa shape index (κ1) is 47.8. The van der Waals surface area contributed by atoms with Gasteiger partial charge in [-0.05, 0) is 132 Å². The van der Waals surface area contributed by atoms with Crippen LogP contribution < -0.4 is 9.80 Å². The van der Waals surface area contributed by atoms with Crippen LogP contribution in [-0.2, 0) is 0 Å². The molecule has 13 aromatic carbocycles. The number of nitrogens with zero attached hydrogens (tertiary/aromatic N) is 4. The van der Waals surface area contributed by atoms with E-state index in [9.17, 15) is 0 Å². The molecule has 0 fully saturated rings. The topological polar surface area (TPSA) is 15.3 Å². The fourth-order valence-corrected chi connectivity index (χ4v) is 14.0. The van der Waals surface area contributed by atoms with Gasteiger partial charge in [0.1, 0.15) is 0 Å². The lowest BCUT2D eigenvalue weighted by Gasteiger charge is -2.29. The van der Waals surface area contributed by atoms with Gasteiger partial charge in [-0.3, -0.25) is 0 Å². The predicted molar refractivity (Wildman–Crippen MR) is 356 cm³/mol. The van der Waals surface area contributed by atoms with E-state index < -0.39 is 0 Å². The summed E-state index contributed by atoms with van der Waals surface area (Å²) in [7, 11) is 0. The molecule has 0 bridgehead atoms. The van der Waals surface area contributed by atoms with E-state index in [0.717, 1.165) is 34.1 Å². The molecule has 0 atom stereocenters. The molecule has 0 saturated carbocycles. The fraction of sp³-hybridized carbons (Fsp3) is 0.0250. The Hall–Kier alpha value is -10.9. The summed E-state index contributed by atoms with van der Waals surface area (Å²) in [5.74, 6) is 0. The SMILES string of the molecule is Cc1ccc(N(c2cccc(-c3ccccc3)c2)c2ccc3c4cc5c(cc4n4c6ccccc6c2c34)c2ccc(N(c3cccc(-c4ccccc4)c3)c3ccc(C)cc3-c3ccccc3)c3c4ccccc4n5c23)c(-c2ccccc2)c1. The van der Waals surface area contributed by atoms with Crippen LogP contribution in [0.1, 0.15) is 11.1 Å². The Bertz CT molecular complexity index is 5050. The number of anilines is 6. The van der Waals surface area contributed by atoms with Crippen molar-refractivity contribution in [2.75, 3.05) is 9.80 Å². The Balaban J connectivity index is 0.931. The Kier molecular flexibility index (Phi) is 10.7. The quantitative estimate of drug-likeness (QED) is 0.136. The molecule has 0 aliphatic rings. The van der Waals surface area contributed by atoms with Crippen molar-refractivity contribution < 1.29 is 0 Å². The van der Waals surface area contributed by atoms with Crippen molar-refractivity contribution in [2.24, 2.45) is 0 Å². The van der Waals surface area contributed by atoms with E-state index >= 15 is 0 Å². The molecular formula is C80H54N4. The monoisotopic (exact) mass is 1070 g/mol. The van der Waals surface area contributed by atoms with E-state index in [-0.39, 0.29) is 0 Å². The summed E-state index contributed by atoms with van der Waals surface area (Å²) in [5.41, 5.74) is 25.8. The van der Waals surface area contributed by atoms with Crippen molar-refractivity contribution in [2.45, 2.75) is 13.8 Å². The molecule has 0 saturated heterocycles. The molecule has 0 spiro atoms. The van der Waals surface area contributed by atoms with Crippen LogP contribution >= 0.6 is 0 Å². The lowest BCUT2D eigenvalue weighted by atomic mass is 9.97. The molecule has 0 radical (unpaired) electrons. The van der Waals surface area contributed by atoms with Gasteiger partial charge in [0, 0.05) is 65.6 Å². The van der Waals surface area contributed by atoms with Crippen molar-refractivity contribution >= 4 is 110 Å². The Morgan fingerprint density at radius 3 is 1.01 bits per heavy atom. The van der Waals surface area contributed by atoms with Crippen LogP contribution in [-0.4, -0.2) is 8.80 Å². The zero-order chi connectivity index (χ0) is 55.6. The molecule has 0 aliphatic heterocycles. The maximum Gasteiger partial charge on any atom is 0.0641 e. The van der Waals surface area contributed by atoms with Gasteiger partial charge in [0.25, 0.3) is 0 Å². The average Bonchev–Trinajstić information content (AvgIpc) is 1.83. The first-order valence-corrected chi connectivity index (χ1v) is 29.1. The van der Waals surface area contributed by atoms with Crippen LogP contribution in [0, 0.1) is 13.8 Å². The first-order valence-electron chi connectivity index (χ1n) is 29.1. The van der Waals surface area contributed by atoms with E-state index in [0.29, 0.717) is 0 Å². The van der Waals surface area contributed by atoms with Gasteiger partial charge in [0.15, 0.2) is 0 Å². The minimum Gasteiger partial charge on any atom is -0.309 e. The number of aromatic nitrogens is 2. The summed E-state index contributed by atoms with van der Waals surface area (Å²) in [5, 5.41) is 9.82. The lowest BCUT2D eigenvalue weighted by molar-refractivity contribution is 1.29. The Morgan fingerprint density at radius 2 is 0.595 bits per heavy atom. The maximum atomic E-state index is 2.56. The number of rotatable bonds is 10. The third-order valence-electron chi connectivity index (χ3n) is 17.6. The number of hydrogen-bond acceptors (Lipinski definition) is 2. The van der Waals surface area contributed by atoms with Crippen molar-refractivity contribution in [3.63, 3.8) is 0 Å². The van der Waals surface area contributed by atoms with Gasteiger partial charge in [-0.25, -0.2) is 0 Å². The zero-order valence-corrected chi connectivity index (χ0v) is 46.5. The van der Waals surface area contributed by atoms with Crippen LogP contribution in [0.2, 0.25) is 0 Å². The number of hydrogen-bond donors (Lipinski definition) is 0. The van der Waals surface area contributed by atoms with Gasteiger partial charge < -0.3 is 18.6 Å². The number of aryl methyl sites for hydroxylation is 2. The summed E-state index contributed by atoms with van der Waals surface area (Å²) in [6.07, 6.45) is 0. The van der Waals surface area contributed by atoms with Gasteiger partial charge in [0.2, 0.25) is 0 Å². The predicted octanol–water partition coefficient (Wildman–Crippen LogP) is 22.2. The zero-order valence-electron chi connectivity index (χ0n) is 46.5. The van der Waals surface area contributed by atoms with Gasteiger partial charge in [-0.2, -0.15) is 0 Å². The Morgan fingerprint density at radius 1 is 0.238 bits per heavy atom. The van der Waals surface area contributed by atoms with Crippen LogP contribution in [0.4, 0.5) is 34.1 Å². The van der Waals surface area contributed by atoms with E-state index in [4.69, 9.17) is 0 Å². The summed E-state index contributed by atoms with van der Waals surface area (Å²) >= 11 is 0. The molecule has 17 aromatic rings. The second-order valence-corrected chi connectivity index (χ2v) is 22.6. The van der Waals surface area contributed by atoms with Crippen molar-refractivity contribution in [3.8, 4) is 44.5 Å².